The molecule has 2 fully saturated rings. The number of benzene rings is 1. The molecule has 2 saturated heterocycles. The maximum Gasteiger partial charge on any atom is 0.339 e. The standard InChI is InChI=1S/C16H21NO3.ClH/c1-17-12-7-8-13(17)10-14(9-12)20-16(19)15(18)11-5-3-2-4-6-11;/h2-6,12-15,18H,7-10H2,1H3;1H/t12-,13+,14+,15?;. The van der Waals surface area contributed by atoms with Crippen LogP contribution in [0.4, 0.5) is 0 Å². The first-order valence-electron chi connectivity index (χ1n) is 7.30. The van der Waals surface area contributed by atoms with Crippen molar-refractivity contribution in [3.8, 4) is 0 Å². The number of carbonyl (C=O) groups excluding carboxylic acids is 1. The molecule has 4 nitrogen and oxygen atoms in total. The lowest BCUT2D eigenvalue weighted by Crippen LogP contribution is -2.43. The van der Waals surface area contributed by atoms with Crippen molar-refractivity contribution in [2.24, 2.45) is 0 Å². The van der Waals surface area contributed by atoms with Crippen LogP contribution in [0.25, 0.3) is 0 Å². The van der Waals surface area contributed by atoms with Crippen LogP contribution in [-0.4, -0.2) is 41.2 Å². The molecule has 0 aliphatic carbocycles. The number of ether oxygens (including phenoxy) is 1. The highest BCUT2D eigenvalue weighted by molar-refractivity contribution is 5.85. The molecule has 0 amide bonds. The van der Waals surface area contributed by atoms with Gasteiger partial charge in [0.2, 0.25) is 0 Å². The fraction of sp³-hybridized carbons (Fsp3) is 0.562. The molecular weight excluding hydrogens is 290 g/mol. The Morgan fingerprint density at radius 3 is 2.38 bits per heavy atom. The quantitative estimate of drug-likeness (QED) is 0.870. The van der Waals surface area contributed by atoms with E-state index in [1.54, 1.807) is 12.1 Å². The van der Waals surface area contributed by atoms with Crippen molar-refractivity contribution < 1.29 is 14.6 Å². The highest BCUT2D eigenvalue weighted by Crippen LogP contribution is 2.35. The van der Waals surface area contributed by atoms with Gasteiger partial charge in [0.15, 0.2) is 6.10 Å². The van der Waals surface area contributed by atoms with E-state index < -0.39 is 12.1 Å². The third-order valence-corrected chi connectivity index (χ3v) is 4.68. The number of aliphatic hydroxyl groups excluding tert-OH is 1. The van der Waals surface area contributed by atoms with Crippen LogP contribution < -0.4 is 0 Å². The highest BCUT2D eigenvalue weighted by atomic mass is 35.5. The summed E-state index contributed by atoms with van der Waals surface area (Å²) in [4.78, 5) is 14.4. The molecule has 1 N–H and O–H groups in total. The lowest BCUT2D eigenvalue weighted by Gasteiger charge is -2.36. The Morgan fingerprint density at radius 2 is 1.81 bits per heavy atom. The molecule has 5 heteroatoms. The van der Waals surface area contributed by atoms with E-state index in [4.69, 9.17) is 4.74 Å². The van der Waals surface area contributed by atoms with Gasteiger partial charge in [-0.25, -0.2) is 4.79 Å². The summed E-state index contributed by atoms with van der Waals surface area (Å²) in [7, 11) is 2.15. The maximum absolute atomic E-state index is 12.0. The number of hydrogen-bond acceptors (Lipinski definition) is 4. The van der Waals surface area contributed by atoms with Gasteiger partial charge in [-0.1, -0.05) is 30.3 Å². The Hall–Kier alpha value is -1.10. The summed E-state index contributed by atoms with van der Waals surface area (Å²) < 4.78 is 5.52. The van der Waals surface area contributed by atoms with Crippen LogP contribution in [0, 0.1) is 0 Å². The normalized spacial score (nSPS) is 29.5. The Morgan fingerprint density at radius 1 is 1.24 bits per heavy atom. The van der Waals surface area contributed by atoms with Gasteiger partial charge in [0.1, 0.15) is 6.10 Å². The molecule has 0 radical (unpaired) electrons. The minimum absolute atomic E-state index is 0. The SMILES string of the molecule is CN1[C@@H]2CC[C@H]1C[C@@H](OC(=O)C(O)c1ccccc1)C2.Cl. The van der Waals surface area contributed by atoms with E-state index in [0.717, 1.165) is 12.8 Å². The summed E-state index contributed by atoms with van der Waals surface area (Å²) in [6.45, 7) is 0. The van der Waals surface area contributed by atoms with Gasteiger partial charge in [-0.15, -0.1) is 12.4 Å². The lowest BCUT2D eigenvalue weighted by molar-refractivity contribution is -0.162. The number of fused-ring (bicyclic) bond motifs is 2. The number of rotatable bonds is 3. The Labute approximate surface area is 131 Å². The largest absolute Gasteiger partial charge is 0.460 e. The van der Waals surface area contributed by atoms with Gasteiger partial charge >= 0.3 is 5.97 Å². The molecule has 0 spiro atoms. The number of piperidine rings is 1. The number of nitrogens with zero attached hydrogens (tertiary/aromatic N) is 1. The summed E-state index contributed by atoms with van der Waals surface area (Å²) in [5.41, 5.74) is 0.591. The predicted molar refractivity (Wildman–Crippen MR) is 82.3 cm³/mol. The zero-order valence-electron chi connectivity index (χ0n) is 12.1. The second kappa shape index (κ2) is 6.77. The van der Waals surface area contributed by atoms with Crippen molar-refractivity contribution in [1.82, 2.24) is 4.90 Å². The minimum atomic E-state index is -1.17. The monoisotopic (exact) mass is 311 g/mol. The van der Waals surface area contributed by atoms with Crippen LogP contribution in [0.3, 0.4) is 0 Å². The van der Waals surface area contributed by atoms with Crippen molar-refractivity contribution in [3.63, 3.8) is 0 Å². The van der Waals surface area contributed by atoms with Gasteiger partial charge in [-0.3, -0.25) is 0 Å². The van der Waals surface area contributed by atoms with Gasteiger partial charge in [0, 0.05) is 12.1 Å². The van der Waals surface area contributed by atoms with Crippen LogP contribution in [0.5, 0.6) is 0 Å². The Kier molecular flexibility index (Phi) is 5.25. The third-order valence-electron chi connectivity index (χ3n) is 4.68. The fourth-order valence-electron chi connectivity index (χ4n) is 3.46. The summed E-state index contributed by atoms with van der Waals surface area (Å²) in [5.74, 6) is -0.523. The van der Waals surface area contributed by atoms with Gasteiger partial charge in [-0.2, -0.15) is 0 Å². The first-order chi connectivity index (χ1) is 9.65. The van der Waals surface area contributed by atoms with Gasteiger partial charge < -0.3 is 14.7 Å². The third kappa shape index (κ3) is 3.39. The molecule has 21 heavy (non-hydrogen) atoms. The molecule has 3 rings (SSSR count). The fourth-order valence-corrected chi connectivity index (χ4v) is 3.46. The molecule has 2 bridgehead atoms. The van der Waals surface area contributed by atoms with Crippen LogP contribution in [0.15, 0.2) is 30.3 Å². The molecule has 2 aliphatic rings. The Bertz CT molecular complexity index is 468. The molecule has 1 unspecified atom stereocenters. The summed E-state index contributed by atoms with van der Waals surface area (Å²) in [6.07, 6.45) is 2.94. The average Bonchev–Trinajstić information content (AvgIpc) is 2.69. The van der Waals surface area contributed by atoms with Crippen LogP contribution >= 0.6 is 12.4 Å². The number of carbonyl (C=O) groups is 1. The molecule has 0 aromatic heterocycles. The van der Waals surface area contributed by atoms with E-state index in [2.05, 4.69) is 11.9 Å². The summed E-state index contributed by atoms with van der Waals surface area (Å²) in [6, 6.07) is 10.0. The smallest absolute Gasteiger partial charge is 0.339 e. The van der Waals surface area contributed by atoms with Crippen molar-refractivity contribution in [1.29, 1.82) is 0 Å². The van der Waals surface area contributed by atoms with Crippen LogP contribution in [0.2, 0.25) is 0 Å². The van der Waals surface area contributed by atoms with E-state index in [1.807, 2.05) is 18.2 Å². The van der Waals surface area contributed by atoms with E-state index in [0.29, 0.717) is 17.6 Å². The van der Waals surface area contributed by atoms with Crippen LogP contribution in [-0.2, 0) is 9.53 Å². The molecule has 4 atom stereocenters. The Balaban J connectivity index is 0.00000161. The van der Waals surface area contributed by atoms with E-state index >= 15 is 0 Å². The van der Waals surface area contributed by atoms with Gasteiger partial charge in [0.25, 0.3) is 0 Å². The predicted octanol–water partition coefficient (Wildman–Crippen LogP) is 2.31. The number of esters is 1. The zero-order valence-corrected chi connectivity index (χ0v) is 13.0. The highest BCUT2D eigenvalue weighted by Gasteiger charge is 2.40. The number of halogens is 1. The molecule has 1 aromatic rings. The first-order valence-corrected chi connectivity index (χ1v) is 7.30. The molecule has 2 aliphatic heterocycles. The average molecular weight is 312 g/mol. The molecular formula is C16H22ClNO3. The van der Waals surface area contributed by atoms with Crippen molar-refractivity contribution in [2.45, 2.75) is 50.0 Å². The molecule has 2 heterocycles. The van der Waals surface area contributed by atoms with Crippen molar-refractivity contribution in [3.05, 3.63) is 35.9 Å². The second-order valence-corrected chi connectivity index (χ2v) is 5.89. The summed E-state index contributed by atoms with van der Waals surface area (Å²) >= 11 is 0. The molecule has 116 valence electrons. The maximum atomic E-state index is 12.0. The van der Waals surface area contributed by atoms with Gasteiger partial charge in [-0.05, 0) is 38.3 Å². The van der Waals surface area contributed by atoms with E-state index in [9.17, 15) is 9.90 Å². The summed E-state index contributed by atoms with van der Waals surface area (Å²) in [5, 5.41) is 10.0. The molecule has 1 aromatic carbocycles. The minimum Gasteiger partial charge on any atom is -0.460 e. The van der Waals surface area contributed by atoms with Crippen LogP contribution in [0.1, 0.15) is 37.4 Å². The van der Waals surface area contributed by atoms with Gasteiger partial charge in [0.05, 0.1) is 0 Å². The lowest BCUT2D eigenvalue weighted by atomic mass is 10.0. The van der Waals surface area contributed by atoms with Crippen molar-refractivity contribution in [2.75, 3.05) is 7.05 Å². The number of aliphatic hydroxyl groups is 1. The zero-order chi connectivity index (χ0) is 14.1. The first kappa shape index (κ1) is 16.3. The topological polar surface area (TPSA) is 49.8 Å². The number of hydrogen-bond donors (Lipinski definition) is 1. The van der Waals surface area contributed by atoms with E-state index in [1.165, 1.54) is 12.8 Å². The van der Waals surface area contributed by atoms with E-state index in [-0.39, 0.29) is 18.5 Å². The second-order valence-electron chi connectivity index (χ2n) is 5.89. The molecule has 0 saturated carbocycles. The van der Waals surface area contributed by atoms with Crippen molar-refractivity contribution >= 4 is 18.4 Å².